The average molecular weight is 572 g/mol. The van der Waals surface area contributed by atoms with Gasteiger partial charge in [-0.1, -0.05) is 78.7 Å². The number of carboxylic acids is 1. The highest BCUT2D eigenvalue weighted by Crippen LogP contribution is 2.35. The first-order chi connectivity index (χ1) is 19.9. The fraction of sp³-hybridized carbons (Fsp3) is 0.333. The minimum atomic E-state index is -1.11. The first-order valence-electron chi connectivity index (χ1n) is 14.1. The molecule has 4 atom stereocenters. The zero-order valence-electron chi connectivity index (χ0n) is 22.8. The van der Waals surface area contributed by atoms with Gasteiger partial charge in [-0.15, -0.1) is 0 Å². The highest BCUT2D eigenvalue weighted by atomic mass is 35.5. The van der Waals surface area contributed by atoms with Crippen molar-refractivity contribution in [1.82, 2.24) is 4.90 Å². The third-order valence-electron chi connectivity index (χ3n) is 8.16. The van der Waals surface area contributed by atoms with Crippen molar-refractivity contribution < 1.29 is 19.5 Å². The number of likely N-dealkylation sites (tertiary alicyclic amines) is 1. The van der Waals surface area contributed by atoms with Gasteiger partial charge in [-0.2, -0.15) is 0 Å². The van der Waals surface area contributed by atoms with Crippen LogP contribution in [0.1, 0.15) is 48.8 Å². The minimum absolute atomic E-state index is 0.124. The van der Waals surface area contributed by atoms with E-state index in [-0.39, 0.29) is 17.9 Å². The molecule has 41 heavy (non-hydrogen) atoms. The van der Waals surface area contributed by atoms with Crippen LogP contribution in [0.3, 0.4) is 0 Å². The van der Waals surface area contributed by atoms with Crippen molar-refractivity contribution in [2.75, 3.05) is 11.9 Å². The SMILES string of the molecule is O=CC1CCCC1C(N=C(c1ccccc1)c1cc(Cl)ccc1NC(=O)C1CCCN1Cc1ccccc1)C(=O)O. The second kappa shape index (κ2) is 13.2. The molecule has 5 rings (SSSR count). The molecular formula is C33H34ClN3O4. The normalized spacial score (nSPS) is 21.9. The van der Waals surface area contributed by atoms with E-state index < -0.39 is 17.9 Å². The number of carbonyl (C=O) groups excluding carboxylic acids is 2. The molecule has 1 aliphatic carbocycles. The van der Waals surface area contributed by atoms with Crippen LogP contribution in [-0.2, 0) is 20.9 Å². The Hall–Kier alpha value is -3.81. The van der Waals surface area contributed by atoms with Gasteiger partial charge < -0.3 is 15.2 Å². The summed E-state index contributed by atoms with van der Waals surface area (Å²) in [5.41, 5.74) is 3.31. The van der Waals surface area contributed by atoms with Crippen LogP contribution in [0.4, 0.5) is 5.69 Å². The maximum absolute atomic E-state index is 13.7. The van der Waals surface area contributed by atoms with E-state index in [1.165, 1.54) is 0 Å². The first-order valence-corrected chi connectivity index (χ1v) is 14.5. The molecule has 0 aromatic heterocycles. The van der Waals surface area contributed by atoms with Crippen LogP contribution < -0.4 is 5.32 Å². The summed E-state index contributed by atoms with van der Waals surface area (Å²) < 4.78 is 0. The van der Waals surface area contributed by atoms with Crippen molar-refractivity contribution in [3.63, 3.8) is 0 Å². The number of benzene rings is 3. The molecule has 2 fully saturated rings. The topological polar surface area (TPSA) is 99.1 Å². The van der Waals surface area contributed by atoms with E-state index in [0.717, 1.165) is 37.7 Å². The van der Waals surface area contributed by atoms with Crippen LogP contribution in [0.25, 0.3) is 0 Å². The molecule has 0 bridgehead atoms. The predicted molar refractivity (Wildman–Crippen MR) is 160 cm³/mol. The number of halogens is 1. The number of aldehydes is 1. The third kappa shape index (κ3) is 6.75. The van der Waals surface area contributed by atoms with E-state index in [4.69, 9.17) is 16.6 Å². The van der Waals surface area contributed by atoms with Gasteiger partial charge in [-0.3, -0.25) is 14.7 Å². The molecule has 1 heterocycles. The minimum Gasteiger partial charge on any atom is -0.480 e. The summed E-state index contributed by atoms with van der Waals surface area (Å²) in [6.07, 6.45) is 4.59. The summed E-state index contributed by atoms with van der Waals surface area (Å²) in [6.45, 7) is 1.51. The van der Waals surface area contributed by atoms with Gasteiger partial charge in [0.1, 0.15) is 6.29 Å². The quantitative estimate of drug-likeness (QED) is 0.235. The van der Waals surface area contributed by atoms with E-state index in [1.807, 2.05) is 48.5 Å². The molecule has 3 aromatic carbocycles. The van der Waals surface area contributed by atoms with E-state index in [1.54, 1.807) is 18.2 Å². The second-order valence-electron chi connectivity index (χ2n) is 10.8. The number of hydrogen-bond donors (Lipinski definition) is 2. The van der Waals surface area contributed by atoms with Crippen molar-refractivity contribution in [3.05, 3.63) is 101 Å². The number of hydrogen-bond acceptors (Lipinski definition) is 5. The van der Waals surface area contributed by atoms with Crippen molar-refractivity contribution in [3.8, 4) is 0 Å². The van der Waals surface area contributed by atoms with Crippen molar-refractivity contribution in [2.24, 2.45) is 16.8 Å². The number of amides is 1. The summed E-state index contributed by atoms with van der Waals surface area (Å²) in [4.78, 5) is 44.9. The van der Waals surface area contributed by atoms with Crippen LogP contribution >= 0.6 is 11.6 Å². The maximum atomic E-state index is 13.7. The molecular weight excluding hydrogens is 538 g/mol. The van der Waals surface area contributed by atoms with Gasteiger partial charge in [0, 0.05) is 34.5 Å². The molecule has 2 N–H and O–H groups in total. The molecule has 4 unspecified atom stereocenters. The molecule has 1 saturated heterocycles. The Kier molecular flexibility index (Phi) is 9.27. The molecule has 2 aliphatic rings. The third-order valence-corrected chi connectivity index (χ3v) is 8.40. The van der Waals surface area contributed by atoms with Crippen molar-refractivity contribution in [2.45, 2.75) is 50.7 Å². The van der Waals surface area contributed by atoms with Crippen LogP contribution in [0.2, 0.25) is 5.02 Å². The lowest BCUT2D eigenvalue weighted by molar-refractivity contribution is -0.140. The van der Waals surface area contributed by atoms with Crippen LogP contribution in [0.5, 0.6) is 0 Å². The molecule has 3 aromatic rings. The number of aliphatic carboxylic acids is 1. The van der Waals surface area contributed by atoms with E-state index >= 15 is 0 Å². The molecule has 0 radical (unpaired) electrons. The van der Waals surface area contributed by atoms with Crippen molar-refractivity contribution >= 4 is 41.2 Å². The Bertz CT molecular complexity index is 1410. The lowest BCUT2D eigenvalue weighted by Crippen LogP contribution is -2.39. The zero-order chi connectivity index (χ0) is 28.8. The fourth-order valence-corrected chi connectivity index (χ4v) is 6.29. The van der Waals surface area contributed by atoms with Crippen LogP contribution in [-0.4, -0.2) is 52.5 Å². The fourth-order valence-electron chi connectivity index (χ4n) is 6.11. The lowest BCUT2D eigenvalue weighted by atomic mass is 9.89. The lowest BCUT2D eigenvalue weighted by Gasteiger charge is -2.25. The van der Waals surface area contributed by atoms with E-state index in [9.17, 15) is 19.5 Å². The van der Waals surface area contributed by atoms with Gasteiger partial charge in [-0.25, -0.2) is 4.79 Å². The Labute approximate surface area is 245 Å². The molecule has 7 nitrogen and oxygen atoms in total. The summed E-state index contributed by atoms with van der Waals surface area (Å²) >= 11 is 6.46. The van der Waals surface area contributed by atoms with Gasteiger partial charge in [0.25, 0.3) is 0 Å². The van der Waals surface area contributed by atoms with Crippen LogP contribution in [0.15, 0.2) is 83.9 Å². The van der Waals surface area contributed by atoms with Gasteiger partial charge in [0.05, 0.1) is 17.4 Å². The van der Waals surface area contributed by atoms with Crippen LogP contribution in [0, 0.1) is 11.8 Å². The summed E-state index contributed by atoms with van der Waals surface area (Å²) in [5, 5.41) is 13.8. The molecule has 8 heteroatoms. The van der Waals surface area contributed by atoms with Gasteiger partial charge in [0.2, 0.25) is 5.91 Å². The monoisotopic (exact) mass is 571 g/mol. The number of carboxylic acid groups (broad SMARTS) is 1. The number of nitrogens with zero attached hydrogens (tertiary/aromatic N) is 2. The Balaban J connectivity index is 1.50. The second-order valence-corrected chi connectivity index (χ2v) is 11.3. The first kappa shape index (κ1) is 28.7. The number of anilines is 1. The summed E-state index contributed by atoms with van der Waals surface area (Å²) in [6, 6.07) is 23.1. The maximum Gasteiger partial charge on any atom is 0.328 e. The summed E-state index contributed by atoms with van der Waals surface area (Å²) in [5.74, 6) is -1.95. The molecule has 0 spiro atoms. The number of rotatable bonds is 10. The van der Waals surface area contributed by atoms with Gasteiger partial charge in [-0.05, 0) is 56.0 Å². The molecule has 1 saturated carbocycles. The van der Waals surface area contributed by atoms with E-state index in [0.29, 0.717) is 46.9 Å². The number of carbonyl (C=O) groups is 3. The van der Waals surface area contributed by atoms with Gasteiger partial charge in [0.15, 0.2) is 6.04 Å². The smallest absolute Gasteiger partial charge is 0.328 e. The van der Waals surface area contributed by atoms with E-state index in [2.05, 4.69) is 22.3 Å². The predicted octanol–water partition coefficient (Wildman–Crippen LogP) is 5.85. The summed E-state index contributed by atoms with van der Waals surface area (Å²) in [7, 11) is 0. The standard InChI is InChI=1S/C33H34ClN3O4/c34-25-16-17-28(35-32(39)29-15-8-18-37(29)20-22-9-3-1-4-10-22)27(19-25)30(23-11-5-2-6-12-23)36-31(33(40)41)26-14-7-13-24(26)21-38/h1-6,9-12,16-17,19,21,24,26,29,31H,7-8,13-15,18,20H2,(H,35,39)(H,40,41). The largest absolute Gasteiger partial charge is 0.480 e. The Morgan fingerprint density at radius 3 is 2.44 bits per heavy atom. The highest BCUT2D eigenvalue weighted by molar-refractivity contribution is 6.31. The Morgan fingerprint density at radius 2 is 1.73 bits per heavy atom. The number of nitrogens with one attached hydrogen (secondary N) is 1. The van der Waals surface area contributed by atoms with Crippen molar-refractivity contribution in [1.29, 1.82) is 0 Å². The zero-order valence-corrected chi connectivity index (χ0v) is 23.5. The number of aliphatic imine (C=N–C) groups is 1. The van der Waals surface area contributed by atoms with Gasteiger partial charge >= 0.3 is 5.97 Å². The highest BCUT2D eigenvalue weighted by Gasteiger charge is 2.38. The molecule has 1 aliphatic heterocycles. The molecule has 212 valence electrons. The Morgan fingerprint density at radius 1 is 1.00 bits per heavy atom. The molecule has 1 amide bonds. The average Bonchev–Trinajstić information content (AvgIpc) is 3.65.